The molecule has 30 heavy (non-hydrogen) atoms. The molecule has 1 saturated heterocycles. The average Bonchev–Trinajstić information content (AvgIpc) is 3.33. The first-order valence-electron chi connectivity index (χ1n) is 10.1. The van der Waals surface area contributed by atoms with Gasteiger partial charge in [-0.3, -0.25) is 4.79 Å². The predicted octanol–water partition coefficient (Wildman–Crippen LogP) is 4.80. The molecule has 156 valence electrons. The monoisotopic (exact) mass is 442 g/mol. The minimum absolute atomic E-state index is 0.180. The third-order valence-electron chi connectivity index (χ3n) is 5.53. The van der Waals surface area contributed by atoms with E-state index in [1.54, 1.807) is 11.6 Å². The number of aromatic nitrogens is 2. The molecule has 2 heterocycles. The van der Waals surface area contributed by atoms with Crippen molar-refractivity contribution in [2.45, 2.75) is 19.9 Å². The molecule has 1 atom stereocenters. The fourth-order valence-corrected chi connectivity index (χ4v) is 4.42. The summed E-state index contributed by atoms with van der Waals surface area (Å²) in [6, 6.07) is 17.9. The number of carbonyl (C=O) groups excluding carboxylic acids is 1. The van der Waals surface area contributed by atoms with E-state index in [0.29, 0.717) is 40.4 Å². The van der Waals surface area contributed by atoms with E-state index < -0.39 is 0 Å². The van der Waals surface area contributed by atoms with E-state index in [4.69, 9.17) is 23.2 Å². The molecule has 1 unspecified atom stereocenters. The first kappa shape index (κ1) is 20.8. The molecular weight excluding hydrogens is 419 g/mol. The predicted molar refractivity (Wildman–Crippen MR) is 122 cm³/mol. The van der Waals surface area contributed by atoms with Gasteiger partial charge in [-0.25, -0.2) is 4.68 Å². The van der Waals surface area contributed by atoms with Gasteiger partial charge >= 0.3 is 0 Å². The first-order chi connectivity index (χ1) is 14.5. The van der Waals surface area contributed by atoms with Crippen molar-refractivity contribution in [2.75, 3.05) is 24.5 Å². The van der Waals surface area contributed by atoms with Crippen molar-refractivity contribution in [2.24, 2.45) is 5.92 Å². The molecule has 1 aliphatic rings. The highest BCUT2D eigenvalue weighted by Gasteiger charge is 2.25. The second-order valence-corrected chi connectivity index (χ2v) is 8.41. The molecular formula is C23H24Cl2N4O. The largest absolute Gasteiger partial charge is 0.371 e. The molecule has 5 nitrogen and oxygen atoms in total. The van der Waals surface area contributed by atoms with Crippen molar-refractivity contribution in [3.63, 3.8) is 0 Å². The van der Waals surface area contributed by atoms with Crippen LogP contribution in [0.25, 0.3) is 0 Å². The molecule has 3 aromatic rings. The Morgan fingerprint density at radius 1 is 1.13 bits per heavy atom. The number of halogens is 2. The molecule has 0 saturated carbocycles. The Hall–Kier alpha value is -2.50. The molecule has 1 amide bonds. The molecule has 1 aromatic heterocycles. The third kappa shape index (κ3) is 4.47. The number of amides is 1. The van der Waals surface area contributed by atoms with Crippen molar-refractivity contribution < 1.29 is 4.79 Å². The summed E-state index contributed by atoms with van der Waals surface area (Å²) in [5.41, 5.74) is 3.18. The quantitative estimate of drug-likeness (QED) is 0.595. The highest BCUT2D eigenvalue weighted by Crippen LogP contribution is 2.25. The Morgan fingerprint density at radius 2 is 1.87 bits per heavy atom. The summed E-state index contributed by atoms with van der Waals surface area (Å²) in [5, 5.41) is 8.50. The van der Waals surface area contributed by atoms with Gasteiger partial charge in [-0.15, -0.1) is 0 Å². The van der Waals surface area contributed by atoms with Crippen LogP contribution in [0.4, 0.5) is 5.69 Å². The molecule has 1 fully saturated rings. The summed E-state index contributed by atoms with van der Waals surface area (Å²) in [7, 11) is 0. The SMILES string of the molecule is Cc1nn(Cc2ccccc2Cl)c(Cl)c1C(=O)NCC1CCN(c2ccccc2)C1. The van der Waals surface area contributed by atoms with Gasteiger partial charge in [-0.2, -0.15) is 5.10 Å². The minimum atomic E-state index is -0.180. The molecule has 1 N–H and O–H groups in total. The smallest absolute Gasteiger partial charge is 0.256 e. The standard InChI is InChI=1S/C23H24Cl2N4O/c1-16-21(22(25)29(27-16)15-18-7-5-6-10-20(18)24)23(30)26-13-17-11-12-28(14-17)19-8-3-2-4-9-19/h2-10,17H,11-15H2,1H3,(H,26,30). The number of carbonyl (C=O) groups is 1. The molecule has 7 heteroatoms. The van der Waals surface area contributed by atoms with E-state index in [1.165, 1.54) is 5.69 Å². The van der Waals surface area contributed by atoms with Crippen LogP contribution in [0, 0.1) is 12.8 Å². The molecule has 0 radical (unpaired) electrons. The van der Waals surface area contributed by atoms with Crippen LogP contribution >= 0.6 is 23.2 Å². The van der Waals surface area contributed by atoms with Gasteiger partial charge in [0.15, 0.2) is 0 Å². The summed E-state index contributed by atoms with van der Waals surface area (Å²) >= 11 is 12.8. The lowest BCUT2D eigenvalue weighted by atomic mass is 10.1. The number of nitrogens with one attached hydrogen (secondary N) is 1. The van der Waals surface area contributed by atoms with Gasteiger partial charge in [0.2, 0.25) is 0 Å². The Balaban J connectivity index is 1.38. The molecule has 4 rings (SSSR count). The van der Waals surface area contributed by atoms with Crippen molar-refractivity contribution in [3.8, 4) is 0 Å². The lowest BCUT2D eigenvalue weighted by Crippen LogP contribution is -2.31. The second-order valence-electron chi connectivity index (χ2n) is 7.65. The zero-order chi connectivity index (χ0) is 21.1. The maximum absolute atomic E-state index is 12.8. The third-order valence-corrected chi connectivity index (χ3v) is 6.28. The topological polar surface area (TPSA) is 50.2 Å². The fraction of sp³-hybridized carbons (Fsp3) is 0.304. The number of aryl methyl sites for hydroxylation is 1. The van der Waals surface area contributed by atoms with E-state index >= 15 is 0 Å². The normalized spacial score (nSPS) is 16.1. The number of hydrogen-bond acceptors (Lipinski definition) is 3. The summed E-state index contributed by atoms with van der Waals surface area (Å²) in [6.07, 6.45) is 1.05. The van der Waals surface area contributed by atoms with Gasteiger partial charge in [-0.1, -0.05) is 59.6 Å². The summed E-state index contributed by atoms with van der Waals surface area (Å²) < 4.78 is 1.62. The van der Waals surface area contributed by atoms with E-state index in [2.05, 4.69) is 39.6 Å². The van der Waals surface area contributed by atoms with Gasteiger partial charge in [-0.05, 0) is 43.0 Å². The Labute approximate surface area is 186 Å². The van der Waals surface area contributed by atoms with E-state index in [1.807, 2.05) is 30.3 Å². The molecule has 2 aromatic carbocycles. The molecule has 0 bridgehead atoms. The van der Waals surface area contributed by atoms with Crippen LogP contribution < -0.4 is 10.2 Å². The molecule has 0 aliphatic carbocycles. The number of para-hydroxylation sites is 1. The number of nitrogens with zero attached hydrogens (tertiary/aromatic N) is 3. The summed E-state index contributed by atoms with van der Waals surface area (Å²) in [6.45, 7) is 4.77. The molecule has 1 aliphatic heterocycles. The maximum atomic E-state index is 12.8. The minimum Gasteiger partial charge on any atom is -0.371 e. The highest BCUT2D eigenvalue weighted by molar-refractivity contribution is 6.33. The van der Waals surface area contributed by atoms with E-state index in [-0.39, 0.29) is 5.91 Å². The first-order valence-corrected chi connectivity index (χ1v) is 10.8. The van der Waals surface area contributed by atoms with Crippen molar-refractivity contribution in [1.82, 2.24) is 15.1 Å². The Kier molecular flexibility index (Phi) is 6.30. The van der Waals surface area contributed by atoms with Gasteiger partial charge in [0.25, 0.3) is 5.91 Å². The highest BCUT2D eigenvalue weighted by atomic mass is 35.5. The number of benzene rings is 2. The molecule has 0 spiro atoms. The number of anilines is 1. The summed E-state index contributed by atoms with van der Waals surface area (Å²) in [5.74, 6) is 0.229. The van der Waals surface area contributed by atoms with E-state index in [9.17, 15) is 4.79 Å². The van der Waals surface area contributed by atoms with Crippen LogP contribution in [-0.2, 0) is 6.54 Å². The zero-order valence-corrected chi connectivity index (χ0v) is 18.3. The van der Waals surface area contributed by atoms with Crippen molar-refractivity contribution in [3.05, 3.63) is 81.6 Å². The zero-order valence-electron chi connectivity index (χ0n) is 16.8. The Morgan fingerprint density at radius 3 is 2.63 bits per heavy atom. The lowest BCUT2D eigenvalue weighted by molar-refractivity contribution is 0.0947. The second kappa shape index (κ2) is 9.11. The van der Waals surface area contributed by atoms with Crippen LogP contribution in [0.5, 0.6) is 0 Å². The van der Waals surface area contributed by atoms with Crippen LogP contribution in [0.2, 0.25) is 10.2 Å². The fourth-order valence-electron chi connectivity index (χ4n) is 3.90. The lowest BCUT2D eigenvalue weighted by Gasteiger charge is -2.18. The van der Waals surface area contributed by atoms with E-state index in [0.717, 1.165) is 25.1 Å². The van der Waals surface area contributed by atoms with Crippen molar-refractivity contribution in [1.29, 1.82) is 0 Å². The Bertz CT molecular complexity index is 1030. The van der Waals surface area contributed by atoms with Gasteiger partial charge < -0.3 is 10.2 Å². The number of hydrogen-bond donors (Lipinski definition) is 1. The average molecular weight is 443 g/mol. The van der Waals surface area contributed by atoms with Crippen LogP contribution in [-0.4, -0.2) is 35.3 Å². The maximum Gasteiger partial charge on any atom is 0.256 e. The van der Waals surface area contributed by atoms with Gasteiger partial charge in [0.05, 0.1) is 17.8 Å². The van der Waals surface area contributed by atoms with Crippen LogP contribution in [0.1, 0.15) is 28.0 Å². The van der Waals surface area contributed by atoms with Gasteiger partial charge in [0, 0.05) is 30.3 Å². The number of rotatable bonds is 6. The van der Waals surface area contributed by atoms with Crippen LogP contribution in [0.3, 0.4) is 0 Å². The summed E-state index contributed by atoms with van der Waals surface area (Å²) in [4.78, 5) is 15.2. The van der Waals surface area contributed by atoms with Gasteiger partial charge in [0.1, 0.15) is 5.15 Å². The van der Waals surface area contributed by atoms with Crippen molar-refractivity contribution >= 4 is 34.8 Å². The van der Waals surface area contributed by atoms with Crippen LogP contribution in [0.15, 0.2) is 54.6 Å².